The normalized spacial score (nSPS) is 19.5. The quantitative estimate of drug-likeness (QED) is 0.700. The number of rotatable bonds is 4. The highest BCUT2D eigenvalue weighted by Gasteiger charge is 2.24. The van der Waals surface area contributed by atoms with E-state index in [4.69, 9.17) is 0 Å². The van der Waals surface area contributed by atoms with E-state index in [-0.39, 0.29) is 11.8 Å². The summed E-state index contributed by atoms with van der Waals surface area (Å²) < 4.78 is 14.8. The zero-order chi connectivity index (χ0) is 22.5. The average Bonchev–Trinajstić information content (AvgIpc) is 3.29. The van der Waals surface area contributed by atoms with Gasteiger partial charge in [-0.05, 0) is 30.8 Å². The van der Waals surface area contributed by atoms with Crippen molar-refractivity contribution in [2.24, 2.45) is 5.92 Å². The molecule has 2 N–H and O–H groups in total. The number of carbonyl (C=O) groups excluding carboxylic acids is 1. The Labute approximate surface area is 188 Å². The molecule has 1 aliphatic carbocycles. The zero-order valence-electron chi connectivity index (χ0n) is 18.5. The second kappa shape index (κ2) is 9.85. The van der Waals surface area contributed by atoms with E-state index in [2.05, 4.69) is 46.1 Å². The van der Waals surface area contributed by atoms with Crippen LogP contribution in [-0.4, -0.2) is 52.2 Å². The minimum absolute atomic E-state index is 0.106. The number of benzene rings is 1. The summed E-state index contributed by atoms with van der Waals surface area (Å²) in [6.07, 6.45) is 10.3. The van der Waals surface area contributed by atoms with Crippen molar-refractivity contribution in [1.29, 1.82) is 0 Å². The van der Waals surface area contributed by atoms with Crippen LogP contribution in [0.25, 0.3) is 11.6 Å². The lowest BCUT2D eigenvalue weighted by Gasteiger charge is -2.38. The summed E-state index contributed by atoms with van der Waals surface area (Å²) in [7, 11) is 0. The minimum atomic E-state index is -0.185. The molecule has 168 valence electrons. The van der Waals surface area contributed by atoms with E-state index in [0.717, 1.165) is 37.9 Å². The number of piperazine rings is 1. The number of hydrogen-bond acceptors (Lipinski definition) is 3. The number of aromatic amines is 1. The monoisotopic (exact) mass is 435 g/mol. The zero-order valence-corrected chi connectivity index (χ0v) is 18.5. The second-order valence-electron chi connectivity index (χ2n) is 8.39. The Bertz CT molecular complexity index is 1020. The van der Waals surface area contributed by atoms with E-state index in [1.54, 1.807) is 24.4 Å². The fraction of sp³-hybridized carbons (Fsp3) is 0.360. The van der Waals surface area contributed by atoms with Crippen molar-refractivity contribution in [2.75, 3.05) is 31.5 Å². The summed E-state index contributed by atoms with van der Waals surface area (Å²) in [5.41, 5.74) is 3.61. The number of anilines is 1. The molecule has 32 heavy (non-hydrogen) atoms. The number of carbonyl (C=O) groups is 1. The van der Waals surface area contributed by atoms with Crippen LogP contribution in [0, 0.1) is 11.7 Å². The molecule has 1 atom stereocenters. The van der Waals surface area contributed by atoms with Crippen molar-refractivity contribution in [3.63, 3.8) is 0 Å². The third kappa shape index (κ3) is 4.93. The van der Waals surface area contributed by atoms with Gasteiger partial charge in [0.05, 0.1) is 6.20 Å². The van der Waals surface area contributed by atoms with Gasteiger partial charge in [-0.3, -0.25) is 10.4 Å². The Morgan fingerprint density at radius 1 is 1.28 bits per heavy atom. The number of amides is 2. The van der Waals surface area contributed by atoms with Gasteiger partial charge in [-0.15, -0.1) is 0 Å². The fourth-order valence-electron chi connectivity index (χ4n) is 4.45. The van der Waals surface area contributed by atoms with Crippen molar-refractivity contribution in [3.05, 3.63) is 71.8 Å². The Morgan fingerprint density at radius 3 is 2.81 bits per heavy atom. The Morgan fingerprint density at radius 2 is 2.09 bits per heavy atom. The topological polar surface area (TPSA) is 64.3 Å². The lowest BCUT2D eigenvalue weighted by molar-refractivity contribution is 0.165. The highest BCUT2D eigenvalue weighted by Crippen LogP contribution is 2.32. The number of hydrogen-bond donors (Lipinski definition) is 2. The fourth-order valence-corrected chi connectivity index (χ4v) is 4.45. The predicted octanol–water partition coefficient (Wildman–Crippen LogP) is 5.13. The van der Waals surface area contributed by atoms with Gasteiger partial charge in [0.15, 0.2) is 0 Å². The van der Waals surface area contributed by atoms with Crippen molar-refractivity contribution in [3.8, 4) is 0 Å². The number of nitrogens with one attached hydrogen (secondary N) is 2. The molecular formula is C25H30FN5O. The molecule has 1 saturated heterocycles. The molecule has 6 nitrogen and oxygen atoms in total. The Balaban J connectivity index is 1.37. The maximum Gasteiger partial charge on any atom is 0.323 e. The molecule has 0 radical (unpaired) electrons. The first-order valence-corrected chi connectivity index (χ1v) is 11.2. The highest BCUT2D eigenvalue weighted by atomic mass is 19.1. The lowest BCUT2D eigenvalue weighted by Crippen LogP contribution is -2.49. The molecule has 2 aliphatic rings. The molecular weight excluding hydrogens is 405 g/mol. The predicted molar refractivity (Wildman–Crippen MR) is 126 cm³/mol. The van der Waals surface area contributed by atoms with Crippen LogP contribution >= 0.6 is 0 Å². The summed E-state index contributed by atoms with van der Waals surface area (Å²) in [6, 6.07) is 7.14. The van der Waals surface area contributed by atoms with E-state index >= 15 is 0 Å². The van der Waals surface area contributed by atoms with Gasteiger partial charge in [0.1, 0.15) is 11.6 Å². The van der Waals surface area contributed by atoms with Crippen LogP contribution in [0.4, 0.5) is 15.0 Å². The molecule has 1 aliphatic heterocycles. The van der Waals surface area contributed by atoms with Crippen LogP contribution in [0.1, 0.15) is 37.3 Å². The Kier molecular flexibility index (Phi) is 6.73. The molecule has 1 fully saturated rings. The van der Waals surface area contributed by atoms with E-state index in [1.165, 1.54) is 5.70 Å². The van der Waals surface area contributed by atoms with Gasteiger partial charge in [-0.25, -0.2) is 9.18 Å². The van der Waals surface area contributed by atoms with E-state index < -0.39 is 0 Å². The van der Waals surface area contributed by atoms with Crippen LogP contribution < -0.4 is 5.32 Å². The van der Waals surface area contributed by atoms with Gasteiger partial charge in [0.25, 0.3) is 0 Å². The summed E-state index contributed by atoms with van der Waals surface area (Å²) >= 11 is 0. The molecule has 0 bridgehead atoms. The van der Waals surface area contributed by atoms with Crippen molar-refractivity contribution < 1.29 is 9.18 Å². The highest BCUT2D eigenvalue weighted by molar-refractivity contribution is 5.88. The van der Waals surface area contributed by atoms with Crippen molar-refractivity contribution in [2.45, 2.75) is 26.2 Å². The van der Waals surface area contributed by atoms with Crippen molar-refractivity contribution >= 4 is 23.5 Å². The third-order valence-corrected chi connectivity index (χ3v) is 6.12. The van der Waals surface area contributed by atoms with Gasteiger partial charge in [-0.2, -0.15) is 5.10 Å². The van der Waals surface area contributed by atoms with Gasteiger partial charge in [0, 0.05) is 49.1 Å². The molecule has 0 spiro atoms. The van der Waals surface area contributed by atoms with Gasteiger partial charge >= 0.3 is 6.03 Å². The largest absolute Gasteiger partial charge is 0.372 e. The third-order valence-electron chi connectivity index (χ3n) is 6.12. The molecule has 1 aromatic heterocycles. The van der Waals surface area contributed by atoms with Gasteiger partial charge in [-0.1, -0.05) is 49.9 Å². The van der Waals surface area contributed by atoms with E-state index in [1.807, 2.05) is 17.0 Å². The molecule has 1 aromatic carbocycles. The standard InChI is InChI=1S/C25H30FN5O/c1-3-19-6-5-9-22(24(19)26)20-7-4-8-21(17-18(2)16-20)30-12-14-31(15-13-30)25(32)28-23-10-11-27-29-23/h3,5-7,9-11,17-18H,1,4,8,12-16H2,2H3,(H2,27,28,29,32). The maximum absolute atomic E-state index is 14.8. The van der Waals surface area contributed by atoms with Crippen LogP contribution in [0.5, 0.6) is 0 Å². The number of H-pyrrole nitrogens is 1. The minimum Gasteiger partial charge on any atom is -0.372 e. The van der Waals surface area contributed by atoms with Gasteiger partial charge < -0.3 is 9.80 Å². The smallest absolute Gasteiger partial charge is 0.323 e. The summed E-state index contributed by atoms with van der Waals surface area (Å²) in [6.45, 7) is 8.86. The summed E-state index contributed by atoms with van der Waals surface area (Å²) in [4.78, 5) is 16.6. The van der Waals surface area contributed by atoms with Gasteiger partial charge in [0.2, 0.25) is 0 Å². The molecule has 1 unspecified atom stereocenters. The summed E-state index contributed by atoms with van der Waals surface area (Å²) in [5.74, 6) is 0.715. The second-order valence-corrected chi connectivity index (χ2v) is 8.39. The average molecular weight is 436 g/mol. The molecule has 7 heteroatoms. The number of aromatic nitrogens is 2. The molecule has 2 aromatic rings. The van der Waals surface area contributed by atoms with E-state index in [0.29, 0.717) is 36.0 Å². The van der Waals surface area contributed by atoms with Crippen LogP contribution in [0.15, 0.2) is 54.9 Å². The molecule has 2 heterocycles. The Hall–Kier alpha value is -3.35. The first-order valence-electron chi connectivity index (χ1n) is 11.2. The molecule has 2 amide bonds. The summed E-state index contributed by atoms with van der Waals surface area (Å²) in [5, 5.41) is 9.44. The number of allylic oxidation sites excluding steroid dienone is 4. The molecule has 4 rings (SSSR count). The number of halogens is 1. The van der Waals surface area contributed by atoms with Crippen LogP contribution in [0.3, 0.4) is 0 Å². The van der Waals surface area contributed by atoms with E-state index in [9.17, 15) is 9.18 Å². The lowest BCUT2D eigenvalue weighted by atomic mass is 9.89. The first kappa shape index (κ1) is 21.9. The first-order chi connectivity index (χ1) is 15.5. The van der Waals surface area contributed by atoms with Crippen LogP contribution in [0.2, 0.25) is 0 Å². The number of nitrogens with zero attached hydrogens (tertiary/aromatic N) is 3. The molecule has 0 saturated carbocycles. The van der Waals surface area contributed by atoms with Crippen LogP contribution in [-0.2, 0) is 0 Å². The van der Waals surface area contributed by atoms with Crippen molar-refractivity contribution in [1.82, 2.24) is 20.0 Å². The SMILES string of the molecule is C=Cc1cccc(C2=CCCC(N3CCN(C(=O)Nc4ccn[nH]4)CC3)=CC(C)C2)c1F. The number of urea groups is 1. The maximum atomic E-state index is 14.8.